The minimum atomic E-state index is 0.690. The molecule has 0 atom stereocenters. The number of halogens is 1. The second-order valence-electron chi connectivity index (χ2n) is 4.48. The Labute approximate surface area is 110 Å². The Bertz CT molecular complexity index is 511. The first-order valence-electron chi connectivity index (χ1n) is 5.82. The third-order valence-electron chi connectivity index (χ3n) is 2.57. The molecule has 0 amide bonds. The van der Waals surface area contributed by atoms with Gasteiger partial charge in [0.1, 0.15) is 0 Å². The van der Waals surface area contributed by atoms with E-state index in [0.717, 1.165) is 28.3 Å². The van der Waals surface area contributed by atoms with Crippen LogP contribution in [0.3, 0.4) is 0 Å². The second kappa shape index (κ2) is 5.45. The van der Waals surface area contributed by atoms with Gasteiger partial charge >= 0.3 is 0 Å². The molecular weight excluding hydrogens is 278 g/mol. The molecule has 0 bridgehead atoms. The summed E-state index contributed by atoms with van der Waals surface area (Å²) in [7, 11) is 0. The molecule has 1 aromatic carbocycles. The molecule has 1 heterocycles. The van der Waals surface area contributed by atoms with E-state index in [1.54, 1.807) is 0 Å². The maximum absolute atomic E-state index is 4.50. The van der Waals surface area contributed by atoms with Crippen LogP contribution in [0, 0.1) is 5.92 Å². The zero-order valence-corrected chi connectivity index (χ0v) is 11.7. The van der Waals surface area contributed by atoms with E-state index in [2.05, 4.69) is 45.1 Å². The Kier molecular flexibility index (Phi) is 3.94. The monoisotopic (exact) mass is 293 g/mol. The molecule has 0 radical (unpaired) electrons. The van der Waals surface area contributed by atoms with Crippen molar-refractivity contribution < 1.29 is 0 Å². The van der Waals surface area contributed by atoms with Crippen molar-refractivity contribution in [3.8, 4) is 0 Å². The molecule has 1 aromatic heterocycles. The summed E-state index contributed by atoms with van der Waals surface area (Å²) >= 11 is 3.50. The van der Waals surface area contributed by atoms with Crippen LogP contribution < -0.4 is 5.32 Å². The number of para-hydroxylation sites is 1. The van der Waals surface area contributed by atoms with E-state index in [0.29, 0.717) is 11.9 Å². The maximum Gasteiger partial charge on any atom is 0.223 e. The van der Waals surface area contributed by atoms with Crippen LogP contribution in [-0.4, -0.2) is 16.5 Å². The van der Waals surface area contributed by atoms with E-state index in [9.17, 15) is 0 Å². The lowest BCUT2D eigenvalue weighted by molar-refractivity contribution is 0.606. The number of aromatic nitrogens is 2. The molecule has 0 aliphatic rings. The zero-order valence-electron chi connectivity index (χ0n) is 10.1. The van der Waals surface area contributed by atoms with Crippen molar-refractivity contribution in [2.45, 2.75) is 20.3 Å². The highest BCUT2D eigenvalue weighted by Gasteiger charge is 2.02. The lowest BCUT2D eigenvalue weighted by Crippen LogP contribution is -2.07. The Morgan fingerprint density at radius 2 is 2.18 bits per heavy atom. The summed E-state index contributed by atoms with van der Waals surface area (Å²) in [4.78, 5) is 8.80. The molecule has 4 heteroatoms. The van der Waals surface area contributed by atoms with Gasteiger partial charge in [-0.2, -0.15) is 0 Å². The van der Waals surface area contributed by atoms with E-state index in [-0.39, 0.29) is 0 Å². The Morgan fingerprint density at radius 1 is 1.35 bits per heavy atom. The standard InChI is InChI=1S/C13H16BrN3/c1-9(2)6-7-15-13-16-8-10-4-3-5-11(14)12(10)17-13/h3-5,8-9H,6-7H2,1-2H3,(H,15,16,17). The molecular formula is C13H16BrN3. The van der Waals surface area contributed by atoms with Crippen LogP contribution in [-0.2, 0) is 0 Å². The number of rotatable bonds is 4. The van der Waals surface area contributed by atoms with Gasteiger partial charge in [-0.3, -0.25) is 0 Å². The molecule has 0 saturated heterocycles. The molecule has 2 rings (SSSR count). The normalized spacial score (nSPS) is 11.1. The van der Waals surface area contributed by atoms with Gasteiger partial charge in [-0.15, -0.1) is 0 Å². The molecule has 2 aromatic rings. The highest BCUT2D eigenvalue weighted by atomic mass is 79.9. The van der Waals surface area contributed by atoms with Gasteiger partial charge in [-0.1, -0.05) is 26.0 Å². The summed E-state index contributed by atoms with van der Waals surface area (Å²) in [6.07, 6.45) is 2.97. The molecule has 0 spiro atoms. The van der Waals surface area contributed by atoms with Gasteiger partial charge in [0.15, 0.2) is 0 Å². The SMILES string of the molecule is CC(C)CCNc1ncc2cccc(Br)c2n1. The summed E-state index contributed by atoms with van der Waals surface area (Å²) in [5, 5.41) is 4.30. The Hall–Kier alpha value is -1.16. The first-order chi connectivity index (χ1) is 8.16. The predicted molar refractivity (Wildman–Crippen MR) is 75.2 cm³/mol. The van der Waals surface area contributed by atoms with Crippen LogP contribution in [0.15, 0.2) is 28.9 Å². The van der Waals surface area contributed by atoms with E-state index >= 15 is 0 Å². The first kappa shape index (κ1) is 12.3. The van der Waals surface area contributed by atoms with Crippen molar-refractivity contribution in [3.05, 3.63) is 28.9 Å². The fourth-order valence-corrected chi connectivity index (χ4v) is 2.05. The predicted octanol–water partition coefficient (Wildman–Crippen LogP) is 3.85. The Balaban J connectivity index is 2.17. The number of nitrogens with zero attached hydrogens (tertiary/aromatic N) is 2. The molecule has 90 valence electrons. The number of fused-ring (bicyclic) bond motifs is 1. The molecule has 3 nitrogen and oxygen atoms in total. The van der Waals surface area contributed by atoms with Crippen LogP contribution in [0.5, 0.6) is 0 Å². The van der Waals surface area contributed by atoms with Crippen molar-refractivity contribution >= 4 is 32.8 Å². The number of hydrogen-bond donors (Lipinski definition) is 1. The van der Waals surface area contributed by atoms with Crippen molar-refractivity contribution in [1.29, 1.82) is 0 Å². The Morgan fingerprint density at radius 3 is 2.94 bits per heavy atom. The van der Waals surface area contributed by atoms with Gasteiger partial charge in [0, 0.05) is 22.6 Å². The van der Waals surface area contributed by atoms with E-state index < -0.39 is 0 Å². The van der Waals surface area contributed by atoms with Crippen LogP contribution >= 0.6 is 15.9 Å². The van der Waals surface area contributed by atoms with Gasteiger partial charge in [-0.05, 0) is 34.3 Å². The fraction of sp³-hybridized carbons (Fsp3) is 0.385. The highest BCUT2D eigenvalue weighted by Crippen LogP contribution is 2.21. The number of hydrogen-bond acceptors (Lipinski definition) is 3. The van der Waals surface area contributed by atoms with E-state index in [1.165, 1.54) is 0 Å². The highest BCUT2D eigenvalue weighted by molar-refractivity contribution is 9.10. The van der Waals surface area contributed by atoms with E-state index in [4.69, 9.17) is 0 Å². The molecule has 0 fully saturated rings. The first-order valence-corrected chi connectivity index (χ1v) is 6.61. The van der Waals surface area contributed by atoms with Crippen molar-refractivity contribution in [3.63, 3.8) is 0 Å². The van der Waals surface area contributed by atoms with Crippen molar-refractivity contribution in [2.75, 3.05) is 11.9 Å². The molecule has 0 aliphatic carbocycles. The number of anilines is 1. The lowest BCUT2D eigenvalue weighted by atomic mass is 10.1. The molecule has 0 unspecified atom stereocenters. The summed E-state index contributed by atoms with van der Waals surface area (Å²) in [5.41, 5.74) is 0.953. The van der Waals surface area contributed by atoms with Gasteiger partial charge in [0.05, 0.1) is 5.52 Å². The van der Waals surface area contributed by atoms with Crippen LogP contribution in [0.1, 0.15) is 20.3 Å². The van der Waals surface area contributed by atoms with Crippen LogP contribution in [0.4, 0.5) is 5.95 Å². The van der Waals surface area contributed by atoms with Crippen LogP contribution in [0.2, 0.25) is 0 Å². The molecule has 17 heavy (non-hydrogen) atoms. The molecule has 0 aliphatic heterocycles. The van der Waals surface area contributed by atoms with E-state index in [1.807, 2.05) is 24.4 Å². The maximum atomic E-state index is 4.50. The van der Waals surface area contributed by atoms with Gasteiger partial charge in [-0.25, -0.2) is 9.97 Å². The summed E-state index contributed by atoms with van der Waals surface area (Å²) in [6, 6.07) is 5.99. The molecule has 1 N–H and O–H groups in total. The van der Waals surface area contributed by atoms with Gasteiger partial charge in [0.2, 0.25) is 5.95 Å². The largest absolute Gasteiger partial charge is 0.354 e. The number of benzene rings is 1. The topological polar surface area (TPSA) is 37.8 Å². The summed E-state index contributed by atoms with van der Waals surface area (Å²) in [6.45, 7) is 5.33. The van der Waals surface area contributed by atoms with Crippen molar-refractivity contribution in [1.82, 2.24) is 9.97 Å². The minimum absolute atomic E-state index is 0.690. The van der Waals surface area contributed by atoms with Crippen LogP contribution in [0.25, 0.3) is 10.9 Å². The second-order valence-corrected chi connectivity index (χ2v) is 5.33. The molecule has 0 saturated carbocycles. The average Bonchev–Trinajstić information content (AvgIpc) is 2.30. The fourth-order valence-electron chi connectivity index (χ4n) is 1.58. The van der Waals surface area contributed by atoms with Crippen molar-refractivity contribution in [2.24, 2.45) is 5.92 Å². The third kappa shape index (κ3) is 3.16. The van der Waals surface area contributed by atoms with Gasteiger partial charge in [0.25, 0.3) is 0 Å². The lowest BCUT2D eigenvalue weighted by Gasteiger charge is -2.07. The number of nitrogens with one attached hydrogen (secondary N) is 1. The summed E-state index contributed by atoms with van der Waals surface area (Å²) in [5.74, 6) is 1.39. The quantitative estimate of drug-likeness (QED) is 0.930. The average molecular weight is 294 g/mol. The summed E-state index contributed by atoms with van der Waals surface area (Å²) < 4.78 is 1.00. The smallest absolute Gasteiger partial charge is 0.223 e. The zero-order chi connectivity index (χ0) is 12.3. The minimum Gasteiger partial charge on any atom is -0.354 e. The third-order valence-corrected chi connectivity index (χ3v) is 3.21. The van der Waals surface area contributed by atoms with Gasteiger partial charge < -0.3 is 5.32 Å².